The van der Waals surface area contributed by atoms with E-state index in [9.17, 15) is 4.79 Å². The molecule has 0 fully saturated rings. The molecule has 2 rings (SSSR count). The SMILES string of the molecule is N#Cc1cccc(CNC(=O)c2cccc(Cl)c2Cl)c1. The average molecular weight is 305 g/mol. The van der Waals surface area contributed by atoms with Crippen LogP contribution >= 0.6 is 23.2 Å². The number of benzene rings is 2. The summed E-state index contributed by atoms with van der Waals surface area (Å²) in [6, 6.07) is 14.0. The minimum absolute atomic E-state index is 0.234. The van der Waals surface area contributed by atoms with Gasteiger partial charge < -0.3 is 5.32 Å². The van der Waals surface area contributed by atoms with Crippen LogP contribution in [0.4, 0.5) is 0 Å². The fourth-order valence-electron chi connectivity index (χ4n) is 1.71. The van der Waals surface area contributed by atoms with Crippen LogP contribution in [0.15, 0.2) is 42.5 Å². The second-order valence-corrected chi connectivity index (χ2v) is 4.88. The van der Waals surface area contributed by atoms with E-state index in [1.54, 1.807) is 36.4 Å². The van der Waals surface area contributed by atoms with Gasteiger partial charge in [0.15, 0.2) is 0 Å². The summed E-state index contributed by atoms with van der Waals surface area (Å²) in [5, 5.41) is 12.1. The summed E-state index contributed by atoms with van der Waals surface area (Å²) in [5.74, 6) is -0.306. The van der Waals surface area contributed by atoms with Crippen LogP contribution in [-0.4, -0.2) is 5.91 Å². The van der Waals surface area contributed by atoms with Crippen LogP contribution in [0.2, 0.25) is 10.0 Å². The van der Waals surface area contributed by atoms with Crippen molar-refractivity contribution >= 4 is 29.1 Å². The molecule has 0 bridgehead atoms. The molecule has 0 heterocycles. The summed E-state index contributed by atoms with van der Waals surface area (Å²) in [7, 11) is 0. The maximum absolute atomic E-state index is 12.0. The Hall–Kier alpha value is -2.02. The Morgan fingerprint density at radius 1 is 1.20 bits per heavy atom. The van der Waals surface area contributed by atoms with Crippen molar-refractivity contribution in [1.82, 2.24) is 5.32 Å². The lowest BCUT2D eigenvalue weighted by Crippen LogP contribution is -2.23. The van der Waals surface area contributed by atoms with Gasteiger partial charge in [-0.3, -0.25) is 4.79 Å². The maximum Gasteiger partial charge on any atom is 0.253 e. The fourth-order valence-corrected chi connectivity index (χ4v) is 2.09. The van der Waals surface area contributed by atoms with Crippen LogP contribution in [0.5, 0.6) is 0 Å². The number of halogens is 2. The first-order valence-electron chi connectivity index (χ1n) is 5.83. The molecule has 20 heavy (non-hydrogen) atoms. The van der Waals surface area contributed by atoms with Gasteiger partial charge in [0.25, 0.3) is 5.91 Å². The number of rotatable bonds is 3. The highest BCUT2D eigenvalue weighted by Crippen LogP contribution is 2.25. The Morgan fingerprint density at radius 2 is 1.95 bits per heavy atom. The van der Waals surface area contributed by atoms with Crippen molar-refractivity contribution in [2.24, 2.45) is 0 Å². The van der Waals surface area contributed by atoms with Gasteiger partial charge in [-0.1, -0.05) is 41.4 Å². The summed E-state index contributed by atoms with van der Waals surface area (Å²) in [4.78, 5) is 12.0. The van der Waals surface area contributed by atoms with Crippen molar-refractivity contribution in [3.8, 4) is 6.07 Å². The largest absolute Gasteiger partial charge is 0.348 e. The van der Waals surface area contributed by atoms with Gasteiger partial charge in [-0.2, -0.15) is 5.26 Å². The third kappa shape index (κ3) is 3.30. The Bertz CT molecular complexity index is 693. The quantitative estimate of drug-likeness (QED) is 0.938. The summed E-state index contributed by atoms with van der Waals surface area (Å²) in [5.41, 5.74) is 1.73. The Labute approximate surface area is 126 Å². The third-order valence-electron chi connectivity index (χ3n) is 2.71. The molecule has 0 atom stereocenters. The zero-order chi connectivity index (χ0) is 14.5. The molecule has 2 aromatic carbocycles. The second-order valence-electron chi connectivity index (χ2n) is 4.10. The van der Waals surface area contributed by atoms with Gasteiger partial charge in [-0.05, 0) is 29.8 Å². The summed E-state index contributed by atoms with van der Waals surface area (Å²) < 4.78 is 0. The molecule has 0 radical (unpaired) electrons. The van der Waals surface area contributed by atoms with E-state index in [4.69, 9.17) is 28.5 Å². The van der Waals surface area contributed by atoms with Gasteiger partial charge in [0.05, 0.1) is 27.2 Å². The lowest BCUT2D eigenvalue weighted by molar-refractivity contribution is 0.0951. The first kappa shape index (κ1) is 14.4. The Balaban J connectivity index is 2.09. The molecule has 0 aliphatic carbocycles. The fraction of sp³-hybridized carbons (Fsp3) is 0.0667. The van der Waals surface area contributed by atoms with E-state index < -0.39 is 0 Å². The zero-order valence-electron chi connectivity index (χ0n) is 10.4. The van der Waals surface area contributed by atoms with Crippen molar-refractivity contribution < 1.29 is 4.79 Å². The number of amides is 1. The van der Waals surface area contributed by atoms with Crippen LogP contribution in [-0.2, 0) is 6.54 Å². The van der Waals surface area contributed by atoms with Crippen LogP contribution in [0.25, 0.3) is 0 Å². The molecular formula is C15H10Cl2N2O. The van der Waals surface area contributed by atoms with Gasteiger partial charge in [-0.15, -0.1) is 0 Å². The van der Waals surface area contributed by atoms with E-state index in [0.29, 0.717) is 22.7 Å². The average Bonchev–Trinajstić information content (AvgIpc) is 2.48. The molecule has 0 aliphatic heterocycles. The lowest BCUT2D eigenvalue weighted by atomic mass is 10.1. The van der Waals surface area contributed by atoms with Crippen molar-refractivity contribution in [3.63, 3.8) is 0 Å². The second kappa shape index (κ2) is 6.42. The Morgan fingerprint density at radius 3 is 2.70 bits per heavy atom. The molecule has 1 amide bonds. The number of nitriles is 1. The first-order chi connectivity index (χ1) is 9.61. The number of carbonyl (C=O) groups excluding carboxylic acids is 1. The highest BCUT2D eigenvalue weighted by molar-refractivity contribution is 6.43. The standard InChI is InChI=1S/C15H10Cl2N2O/c16-13-6-2-5-12(14(13)17)15(20)19-9-11-4-1-3-10(7-11)8-18/h1-7H,9H2,(H,19,20). The van der Waals surface area contributed by atoms with Gasteiger partial charge in [-0.25, -0.2) is 0 Å². The normalized spacial score (nSPS) is 9.85. The first-order valence-corrected chi connectivity index (χ1v) is 6.58. The highest BCUT2D eigenvalue weighted by atomic mass is 35.5. The molecule has 0 spiro atoms. The van der Waals surface area contributed by atoms with Gasteiger partial charge in [0.1, 0.15) is 0 Å². The number of nitrogens with zero attached hydrogens (tertiary/aromatic N) is 1. The lowest BCUT2D eigenvalue weighted by Gasteiger charge is -2.08. The van der Waals surface area contributed by atoms with E-state index >= 15 is 0 Å². The molecule has 3 nitrogen and oxygen atoms in total. The van der Waals surface area contributed by atoms with Crippen LogP contribution in [0, 0.1) is 11.3 Å². The third-order valence-corrected chi connectivity index (χ3v) is 3.52. The predicted molar refractivity (Wildman–Crippen MR) is 78.8 cm³/mol. The van der Waals surface area contributed by atoms with E-state index in [1.807, 2.05) is 6.07 Å². The van der Waals surface area contributed by atoms with Crippen molar-refractivity contribution in [3.05, 3.63) is 69.2 Å². The van der Waals surface area contributed by atoms with Crippen molar-refractivity contribution in [2.75, 3.05) is 0 Å². The number of carbonyl (C=O) groups is 1. The van der Waals surface area contributed by atoms with Gasteiger partial charge in [0, 0.05) is 6.54 Å². The molecule has 0 saturated heterocycles. The van der Waals surface area contributed by atoms with E-state index in [2.05, 4.69) is 11.4 Å². The molecular weight excluding hydrogens is 295 g/mol. The van der Waals surface area contributed by atoms with Crippen molar-refractivity contribution in [1.29, 1.82) is 5.26 Å². The molecule has 1 N–H and O–H groups in total. The summed E-state index contributed by atoms with van der Waals surface area (Å²) >= 11 is 11.8. The minimum atomic E-state index is -0.306. The number of nitrogens with one attached hydrogen (secondary N) is 1. The molecule has 0 saturated carbocycles. The number of hydrogen-bond acceptors (Lipinski definition) is 2. The molecule has 0 aliphatic rings. The van der Waals surface area contributed by atoms with E-state index in [1.165, 1.54) is 0 Å². The molecule has 0 unspecified atom stereocenters. The van der Waals surface area contributed by atoms with Crippen LogP contribution in [0.3, 0.4) is 0 Å². The molecule has 5 heteroatoms. The zero-order valence-corrected chi connectivity index (χ0v) is 11.9. The van der Waals surface area contributed by atoms with Crippen LogP contribution in [0.1, 0.15) is 21.5 Å². The number of hydrogen-bond donors (Lipinski definition) is 1. The summed E-state index contributed by atoms with van der Waals surface area (Å²) in [6.07, 6.45) is 0. The van der Waals surface area contributed by atoms with Gasteiger partial charge in [0.2, 0.25) is 0 Å². The van der Waals surface area contributed by atoms with Crippen molar-refractivity contribution in [2.45, 2.75) is 6.54 Å². The van der Waals surface area contributed by atoms with E-state index in [0.717, 1.165) is 5.56 Å². The van der Waals surface area contributed by atoms with Gasteiger partial charge >= 0.3 is 0 Å². The predicted octanol–water partition coefficient (Wildman–Crippen LogP) is 3.80. The van der Waals surface area contributed by atoms with Crippen LogP contribution < -0.4 is 5.32 Å². The summed E-state index contributed by atoms with van der Waals surface area (Å²) in [6.45, 7) is 0.317. The molecule has 100 valence electrons. The Kier molecular flexibility index (Phi) is 4.62. The highest BCUT2D eigenvalue weighted by Gasteiger charge is 2.12. The molecule has 2 aromatic rings. The minimum Gasteiger partial charge on any atom is -0.348 e. The maximum atomic E-state index is 12.0. The van der Waals surface area contributed by atoms with E-state index in [-0.39, 0.29) is 10.9 Å². The topological polar surface area (TPSA) is 52.9 Å². The molecule has 0 aromatic heterocycles. The monoisotopic (exact) mass is 304 g/mol. The smallest absolute Gasteiger partial charge is 0.253 e.